The lowest BCUT2D eigenvalue weighted by molar-refractivity contribution is -0.153. The second-order valence-corrected chi connectivity index (χ2v) is 7.71. The Kier molecular flexibility index (Phi) is 4.79. The zero-order chi connectivity index (χ0) is 16.8. The van der Waals surface area contributed by atoms with Gasteiger partial charge in [0.25, 0.3) is 0 Å². The molecular formula is C16H23Cl2N3O. The number of hydrazine groups is 1. The standard InChI is InChI=1S/C16H23Cl2N3O/c1-9(2)20-15(22)13(14(19)21(20)16(3,4)5)12-10(17)7-6-8-11(12)18/h6-9,13-14H,19H2,1-5H3. The van der Waals surface area contributed by atoms with E-state index in [4.69, 9.17) is 28.9 Å². The number of nitrogens with two attached hydrogens (primary N) is 1. The molecule has 1 aliphatic heterocycles. The molecule has 4 nitrogen and oxygen atoms in total. The van der Waals surface area contributed by atoms with Crippen LogP contribution in [0.1, 0.15) is 46.1 Å². The summed E-state index contributed by atoms with van der Waals surface area (Å²) in [5, 5.41) is 4.61. The van der Waals surface area contributed by atoms with E-state index in [0.717, 1.165) is 0 Å². The first-order chi connectivity index (χ1) is 10.1. The Balaban J connectivity index is 2.57. The number of amides is 1. The largest absolute Gasteiger partial charge is 0.313 e. The third-order valence-corrected chi connectivity index (χ3v) is 4.49. The van der Waals surface area contributed by atoms with E-state index < -0.39 is 12.1 Å². The Morgan fingerprint density at radius 3 is 2.05 bits per heavy atom. The predicted octanol–water partition coefficient (Wildman–Crippen LogP) is 3.63. The molecule has 122 valence electrons. The summed E-state index contributed by atoms with van der Waals surface area (Å²) in [5.74, 6) is -0.629. The van der Waals surface area contributed by atoms with E-state index in [9.17, 15) is 4.79 Å². The Labute approximate surface area is 142 Å². The van der Waals surface area contributed by atoms with Gasteiger partial charge in [0.2, 0.25) is 5.91 Å². The first-order valence-corrected chi connectivity index (χ1v) is 8.14. The Bertz CT molecular complexity index is 563. The minimum Gasteiger partial charge on any atom is -0.313 e. The maximum absolute atomic E-state index is 13.0. The van der Waals surface area contributed by atoms with Crippen LogP contribution in [-0.2, 0) is 4.79 Å². The average molecular weight is 344 g/mol. The summed E-state index contributed by atoms with van der Waals surface area (Å²) in [4.78, 5) is 13.0. The molecule has 2 atom stereocenters. The van der Waals surface area contributed by atoms with Crippen molar-refractivity contribution in [3.8, 4) is 0 Å². The highest BCUT2D eigenvalue weighted by Crippen LogP contribution is 2.42. The van der Waals surface area contributed by atoms with Gasteiger partial charge in [0, 0.05) is 27.2 Å². The number of rotatable bonds is 2. The second-order valence-electron chi connectivity index (χ2n) is 6.90. The number of hydrogen-bond donors (Lipinski definition) is 1. The molecule has 0 aromatic heterocycles. The van der Waals surface area contributed by atoms with Gasteiger partial charge in [-0.25, -0.2) is 0 Å². The summed E-state index contributed by atoms with van der Waals surface area (Å²) in [6.07, 6.45) is -0.507. The molecule has 1 aromatic carbocycles. The van der Waals surface area contributed by atoms with E-state index in [2.05, 4.69) is 0 Å². The average Bonchev–Trinajstić information content (AvgIpc) is 2.62. The van der Waals surface area contributed by atoms with Crippen molar-refractivity contribution in [1.29, 1.82) is 0 Å². The highest BCUT2D eigenvalue weighted by molar-refractivity contribution is 6.36. The van der Waals surface area contributed by atoms with Crippen molar-refractivity contribution >= 4 is 29.1 Å². The van der Waals surface area contributed by atoms with E-state index in [0.29, 0.717) is 15.6 Å². The summed E-state index contributed by atoms with van der Waals surface area (Å²) in [6.45, 7) is 10.0. The highest BCUT2D eigenvalue weighted by atomic mass is 35.5. The van der Waals surface area contributed by atoms with Gasteiger partial charge in [0.15, 0.2) is 0 Å². The molecule has 0 saturated carbocycles. The third kappa shape index (κ3) is 2.85. The molecule has 6 heteroatoms. The maximum atomic E-state index is 13.0. The minimum absolute atomic E-state index is 0.00374. The van der Waals surface area contributed by atoms with E-state index in [1.54, 1.807) is 23.2 Å². The lowest BCUT2D eigenvalue weighted by Crippen LogP contribution is -2.57. The molecule has 1 aromatic rings. The van der Waals surface area contributed by atoms with E-state index >= 15 is 0 Å². The Morgan fingerprint density at radius 2 is 1.68 bits per heavy atom. The Hall–Kier alpha value is -0.810. The summed E-state index contributed by atoms with van der Waals surface area (Å²) in [5.41, 5.74) is 6.77. The SMILES string of the molecule is CC(C)N1C(=O)C(c2c(Cl)cccc2Cl)C(N)N1C(C)(C)C. The van der Waals surface area contributed by atoms with Crippen LogP contribution in [0, 0.1) is 0 Å². The molecule has 22 heavy (non-hydrogen) atoms. The predicted molar refractivity (Wildman–Crippen MR) is 90.8 cm³/mol. The fourth-order valence-electron chi connectivity index (χ4n) is 3.06. The lowest BCUT2D eigenvalue weighted by Gasteiger charge is -2.42. The zero-order valence-electron chi connectivity index (χ0n) is 13.6. The number of carbonyl (C=O) groups is 1. The molecule has 0 spiro atoms. The first-order valence-electron chi connectivity index (χ1n) is 7.39. The van der Waals surface area contributed by atoms with E-state index in [1.165, 1.54) is 0 Å². The van der Waals surface area contributed by atoms with Crippen molar-refractivity contribution in [2.75, 3.05) is 0 Å². The number of halogens is 2. The number of benzene rings is 1. The smallest absolute Gasteiger partial charge is 0.247 e. The van der Waals surface area contributed by atoms with Crippen LogP contribution in [0.4, 0.5) is 0 Å². The van der Waals surface area contributed by atoms with Gasteiger partial charge in [-0.3, -0.25) is 9.80 Å². The van der Waals surface area contributed by atoms with Crippen LogP contribution in [-0.4, -0.2) is 33.7 Å². The van der Waals surface area contributed by atoms with Crippen LogP contribution in [0.25, 0.3) is 0 Å². The van der Waals surface area contributed by atoms with Gasteiger partial charge >= 0.3 is 0 Å². The summed E-state index contributed by atoms with van der Waals surface area (Å²) in [7, 11) is 0. The van der Waals surface area contributed by atoms with Gasteiger partial charge in [0.05, 0.1) is 12.1 Å². The van der Waals surface area contributed by atoms with E-state index in [-0.39, 0.29) is 17.5 Å². The van der Waals surface area contributed by atoms with Crippen LogP contribution in [0.15, 0.2) is 18.2 Å². The molecule has 1 amide bonds. The molecule has 2 rings (SSSR count). The van der Waals surface area contributed by atoms with Crippen molar-refractivity contribution in [2.45, 2.75) is 58.3 Å². The van der Waals surface area contributed by atoms with Gasteiger partial charge in [-0.05, 0) is 46.8 Å². The van der Waals surface area contributed by atoms with Crippen LogP contribution < -0.4 is 5.73 Å². The van der Waals surface area contributed by atoms with E-state index in [1.807, 2.05) is 39.6 Å². The molecule has 1 aliphatic rings. The molecule has 0 radical (unpaired) electrons. The van der Waals surface area contributed by atoms with Crippen molar-refractivity contribution in [3.63, 3.8) is 0 Å². The van der Waals surface area contributed by atoms with Gasteiger partial charge in [0.1, 0.15) is 0 Å². The molecule has 1 heterocycles. The van der Waals surface area contributed by atoms with Crippen LogP contribution >= 0.6 is 23.2 Å². The monoisotopic (exact) mass is 343 g/mol. The Morgan fingerprint density at radius 1 is 1.18 bits per heavy atom. The molecule has 0 aliphatic carbocycles. The van der Waals surface area contributed by atoms with Crippen LogP contribution in [0.5, 0.6) is 0 Å². The maximum Gasteiger partial charge on any atom is 0.247 e. The summed E-state index contributed by atoms with van der Waals surface area (Å²) in [6, 6.07) is 5.25. The zero-order valence-corrected chi connectivity index (χ0v) is 15.1. The van der Waals surface area contributed by atoms with Crippen molar-refractivity contribution in [1.82, 2.24) is 10.0 Å². The molecule has 2 N–H and O–H groups in total. The van der Waals surface area contributed by atoms with Crippen LogP contribution in [0.3, 0.4) is 0 Å². The molecule has 0 bridgehead atoms. The number of nitrogens with zero attached hydrogens (tertiary/aromatic N) is 2. The first kappa shape index (κ1) is 17.5. The van der Waals surface area contributed by atoms with Crippen LogP contribution in [0.2, 0.25) is 10.0 Å². The highest BCUT2D eigenvalue weighted by Gasteiger charge is 2.51. The summed E-state index contributed by atoms with van der Waals surface area (Å²) < 4.78 is 0. The van der Waals surface area contributed by atoms with Gasteiger partial charge in [-0.15, -0.1) is 0 Å². The van der Waals surface area contributed by atoms with Crippen molar-refractivity contribution < 1.29 is 4.79 Å². The van der Waals surface area contributed by atoms with Gasteiger partial charge < -0.3 is 5.73 Å². The quantitative estimate of drug-likeness (QED) is 0.891. The second kappa shape index (κ2) is 6.00. The third-order valence-electron chi connectivity index (χ3n) is 3.84. The fourth-order valence-corrected chi connectivity index (χ4v) is 3.69. The number of carbonyl (C=O) groups excluding carboxylic acids is 1. The minimum atomic E-state index is -0.567. The van der Waals surface area contributed by atoms with Gasteiger partial charge in [-0.2, -0.15) is 5.01 Å². The molecule has 1 saturated heterocycles. The molecular weight excluding hydrogens is 321 g/mol. The topological polar surface area (TPSA) is 49.6 Å². The van der Waals surface area contributed by atoms with Crippen molar-refractivity contribution in [2.24, 2.45) is 5.73 Å². The molecule has 2 unspecified atom stereocenters. The van der Waals surface area contributed by atoms with Crippen molar-refractivity contribution in [3.05, 3.63) is 33.8 Å². The normalized spacial score (nSPS) is 23.7. The number of hydrogen-bond acceptors (Lipinski definition) is 3. The summed E-state index contributed by atoms with van der Waals surface area (Å²) >= 11 is 12.6. The molecule has 1 fully saturated rings. The lowest BCUT2D eigenvalue weighted by atomic mass is 9.95. The van der Waals surface area contributed by atoms with Gasteiger partial charge in [-0.1, -0.05) is 29.3 Å². The fraction of sp³-hybridized carbons (Fsp3) is 0.562.